The highest BCUT2D eigenvalue weighted by Crippen LogP contribution is 2.21. The highest BCUT2D eigenvalue weighted by atomic mass is 16.5. The van der Waals surface area contributed by atoms with E-state index in [1.54, 1.807) is 4.57 Å². The maximum Gasteiger partial charge on any atom is 0.280 e. The smallest absolute Gasteiger partial charge is 0.280 e. The van der Waals surface area contributed by atoms with Crippen LogP contribution in [-0.2, 0) is 16.2 Å². The fourth-order valence-electron chi connectivity index (χ4n) is 2.70. The third kappa shape index (κ3) is 3.69. The Hall–Kier alpha value is -1.97. The summed E-state index contributed by atoms with van der Waals surface area (Å²) < 4.78 is 13.0. The molecular formula is C14H21N5O4. The van der Waals surface area contributed by atoms with E-state index < -0.39 is 11.7 Å². The Balaban J connectivity index is 1.61. The lowest BCUT2D eigenvalue weighted by molar-refractivity contribution is -0.0820. The number of rotatable bonds is 7. The van der Waals surface area contributed by atoms with Gasteiger partial charge in [0.05, 0.1) is 25.6 Å². The zero-order valence-electron chi connectivity index (χ0n) is 12.8. The first kappa shape index (κ1) is 15.9. The largest absolute Gasteiger partial charge is 0.394 e. The van der Waals surface area contributed by atoms with Crippen LogP contribution in [0.25, 0.3) is 11.2 Å². The number of aliphatic hydroxyl groups excluding tert-OH is 1. The highest BCUT2D eigenvalue weighted by Gasteiger charge is 2.18. The van der Waals surface area contributed by atoms with Crippen molar-refractivity contribution in [1.29, 1.82) is 0 Å². The van der Waals surface area contributed by atoms with Crippen molar-refractivity contribution in [2.24, 2.45) is 0 Å². The average molecular weight is 323 g/mol. The first-order valence-electron chi connectivity index (χ1n) is 7.72. The predicted molar refractivity (Wildman–Crippen MR) is 82.7 cm³/mol. The molecule has 1 saturated carbocycles. The summed E-state index contributed by atoms with van der Waals surface area (Å²) in [5.74, 6) is 0.0209. The van der Waals surface area contributed by atoms with E-state index in [1.165, 1.54) is 19.2 Å². The van der Waals surface area contributed by atoms with Crippen LogP contribution < -0.4 is 11.3 Å². The monoisotopic (exact) mass is 323 g/mol. The van der Waals surface area contributed by atoms with E-state index in [-0.39, 0.29) is 30.9 Å². The number of H-pyrrole nitrogens is 1. The van der Waals surface area contributed by atoms with Crippen molar-refractivity contribution in [2.75, 3.05) is 18.9 Å². The lowest BCUT2D eigenvalue weighted by Gasteiger charge is -2.18. The van der Waals surface area contributed by atoms with Crippen LogP contribution in [0, 0.1) is 0 Å². The second kappa shape index (κ2) is 7.07. The maximum absolute atomic E-state index is 11.7. The number of hydrogen-bond donors (Lipinski definition) is 3. The Labute approximate surface area is 132 Å². The molecule has 1 aliphatic rings. The summed E-state index contributed by atoms with van der Waals surface area (Å²) >= 11 is 0. The number of hydrogen-bond acceptors (Lipinski definition) is 7. The molecule has 1 atom stereocenters. The zero-order chi connectivity index (χ0) is 16.2. The Kier molecular flexibility index (Phi) is 4.89. The third-order valence-corrected chi connectivity index (χ3v) is 3.97. The molecule has 9 heteroatoms. The van der Waals surface area contributed by atoms with Crippen LogP contribution in [0.3, 0.4) is 0 Å². The first-order chi connectivity index (χ1) is 11.2. The lowest BCUT2D eigenvalue weighted by Crippen LogP contribution is -2.27. The number of nitrogen functional groups attached to an aromatic ring is 1. The summed E-state index contributed by atoms with van der Waals surface area (Å²) in [6, 6.07) is 0. The minimum atomic E-state index is -0.438. The maximum atomic E-state index is 11.7. The summed E-state index contributed by atoms with van der Waals surface area (Å²) in [7, 11) is 0. The van der Waals surface area contributed by atoms with E-state index in [0.717, 1.165) is 12.8 Å². The molecule has 2 aromatic heterocycles. The van der Waals surface area contributed by atoms with Gasteiger partial charge in [-0.1, -0.05) is 12.8 Å². The predicted octanol–water partition coefficient (Wildman–Crippen LogP) is -0.00400. The number of aliphatic hydroxyl groups is 1. The molecule has 0 spiro atoms. The molecule has 0 unspecified atom stereocenters. The van der Waals surface area contributed by atoms with E-state index in [2.05, 4.69) is 15.0 Å². The molecule has 4 N–H and O–H groups in total. The van der Waals surface area contributed by atoms with Gasteiger partial charge in [-0.15, -0.1) is 0 Å². The number of ether oxygens (including phenoxy) is 2. The summed E-state index contributed by atoms with van der Waals surface area (Å²) in [6.07, 6.45) is 5.80. The number of nitrogens with zero attached hydrogens (tertiary/aromatic N) is 3. The third-order valence-electron chi connectivity index (χ3n) is 3.97. The standard InChI is InChI=1S/C14H21N5O4/c15-14-17-12-11(13(21)18-14)16-7-19(12)8-23-10(5-20)6-22-9-3-1-2-4-9/h7,9-10,20H,1-6,8H2,(H3,15,17,18,21)/t10-/m1/s1. The van der Waals surface area contributed by atoms with Crippen molar-refractivity contribution in [3.8, 4) is 0 Å². The molecular weight excluding hydrogens is 302 g/mol. The molecule has 1 aliphatic carbocycles. The molecule has 0 radical (unpaired) electrons. The molecule has 2 aromatic rings. The van der Waals surface area contributed by atoms with Crippen LogP contribution in [0.2, 0.25) is 0 Å². The van der Waals surface area contributed by atoms with Crippen LogP contribution in [0.1, 0.15) is 25.7 Å². The Morgan fingerprint density at radius 3 is 3.00 bits per heavy atom. The van der Waals surface area contributed by atoms with Crippen molar-refractivity contribution in [2.45, 2.75) is 44.6 Å². The number of aromatic amines is 1. The van der Waals surface area contributed by atoms with Crippen molar-refractivity contribution >= 4 is 17.1 Å². The van der Waals surface area contributed by atoms with Gasteiger partial charge >= 0.3 is 0 Å². The van der Waals surface area contributed by atoms with Crippen LogP contribution in [0.15, 0.2) is 11.1 Å². The Bertz CT molecular complexity index is 707. The minimum absolute atomic E-state index is 0.0209. The molecule has 0 bridgehead atoms. The second-order valence-corrected chi connectivity index (χ2v) is 5.68. The molecule has 1 fully saturated rings. The van der Waals surface area contributed by atoms with Gasteiger partial charge in [0.1, 0.15) is 12.8 Å². The summed E-state index contributed by atoms with van der Waals surface area (Å²) in [4.78, 5) is 22.2. The van der Waals surface area contributed by atoms with E-state index in [1.807, 2.05) is 0 Å². The molecule has 0 aliphatic heterocycles. The van der Waals surface area contributed by atoms with Crippen LogP contribution in [-0.4, -0.2) is 50.0 Å². The molecule has 9 nitrogen and oxygen atoms in total. The van der Waals surface area contributed by atoms with Crippen molar-refractivity contribution in [3.05, 3.63) is 16.7 Å². The fraction of sp³-hybridized carbons (Fsp3) is 0.643. The molecule has 23 heavy (non-hydrogen) atoms. The summed E-state index contributed by atoms with van der Waals surface area (Å²) in [5, 5.41) is 9.41. The van der Waals surface area contributed by atoms with Crippen LogP contribution in [0.5, 0.6) is 0 Å². The van der Waals surface area contributed by atoms with Gasteiger partial charge in [-0.05, 0) is 12.8 Å². The van der Waals surface area contributed by atoms with E-state index >= 15 is 0 Å². The number of imidazole rings is 1. The number of aromatic nitrogens is 4. The summed E-state index contributed by atoms with van der Waals surface area (Å²) in [6.45, 7) is 0.297. The second-order valence-electron chi connectivity index (χ2n) is 5.68. The number of fused-ring (bicyclic) bond motifs is 1. The van der Waals surface area contributed by atoms with Crippen molar-refractivity contribution in [1.82, 2.24) is 19.5 Å². The van der Waals surface area contributed by atoms with Gasteiger partial charge in [-0.2, -0.15) is 4.98 Å². The van der Waals surface area contributed by atoms with Gasteiger partial charge in [0.25, 0.3) is 5.56 Å². The van der Waals surface area contributed by atoms with Gasteiger partial charge in [0, 0.05) is 0 Å². The van der Waals surface area contributed by atoms with Gasteiger partial charge < -0.3 is 20.3 Å². The topological polar surface area (TPSA) is 128 Å². The van der Waals surface area contributed by atoms with Gasteiger partial charge in [-0.25, -0.2) is 4.98 Å². The normalized spacial score (nSPS) is 17.1. The SMILES string of the molecule is Nc1nc2c(ncn2CO[C@H](CO)COC2CCCC2)c(=O)[nH]1. The van der Waals surface area contributed by atoms with Crippen molar-refractivity contribution in [3.63, 3.8) is 0 Å². The molecule has 126 valence electrons. The van der Waals surface area contributed by atoms with Crippen LogP contribution in [0.4, 0.5) is 5.95 Å². The fourth-order valence-corrected chi connectivity index (χ4v) is 2.70. The highest BCUT2D eigenvalue weighted by molar-refractivity contribution is 5.70. The van der Waals surface area contributed by atoms with E-state index in [4.69, 9.17) is 15.2 Å². The van der Waals surface area contributed by atoms with Gasteiger partial charge in [0.2, 0.25) is 5.95 Å². The molecule has 0 aromatic carbocycles. The Morgan fingerprint density at radius 2 is 2.26 bits per heavy atom. The van der Waals surface area contributed by atoms with Gasteiger partial charge in [-0.3, -0.25) is 14.3 Å². The Morgan fingerprint density at radius 1 is 1.48 bits per heavy atom. The lowest BCUT2D eigenvalue weighted by atomic mass is 10.3. The summed E-state index contributed by atoms with van der Waals surface area (Å²) in [5.41, 5.74) is 5.70. The number of anilines is 1. The van der Waals surface area contributed by atoms with E-state index in [0.29, 0.717) is 12.3 Å². The van der Waals surface area contributed by atoms with Gasteiger partial charge in [0.15, 0.2) is 11.2 Å². The molecule has 0 saturated heterocycles. The molecule has 2 heterocycles. The number of nitrogens with two attached hydrogens (primary N) is 1. The van der Waals surface area contributed by atoms with Crippen molar-refractivity contribution < 1.29 is 14.6 Å². The van der Waals surface area contributed by atoms with Crippen LogP contribution >= 0.6 is 0 Å². The zero-order valence-corrected chi connectivity index (χ0v) is 12.8. The minimum Gasteiger partial charge on any atom is -0.394 e. The molecule has 3 rings (SSSR count). The first-order valence-corrected chi connectivity index (χ1v) is 7.72. The van der Waals surface area contributed by atoms with E-state index in [9.17, 15) is 9.90 Å². The average Bonchev–Trinajstić information content (AvgIpc) is 3.17. The molecule has 0 amide bonds. The quantitative estimate of drug-likeness (QED) is 0.654. The number of nitrogens with one attached hydrogen (secondary N) is 1.